The highest BCUT2D eigenvalue weighted by molar-refractivity contribution is 6.33. The van der Waals surface area contributed by atoms with Gasteiger partial charge in [0.15, 0.2) is 0 Å². The van der Waals surface area contributed by atoms with E-state index in [1.807, 2.05) is 6.07 Å². The Kier molecular flexibility index (Phi) is 7.24. The van der Waals surface area contributed by atoms with Crippen LogP contribution in [0.2, 0.25) is 10.0 Å². The summed E-state index contributed by atoms with van der Waals surface area (Å²) in [7, 11) is 1.68. The van der Waals surface area contributed by atoms with Crippen LogP contribution in [0.5, 0.6) is 0 Å². The highest BCUT2D eigenvalue weighted by Gasteiger charge is 2.08. The van der Waals surface area contributed by atoms with Crippen molar-refractivity contribution in [3.8, 4) is 0 Å². The third kappa shape index (κ3) is 5.45. The van der Waals surface area contributed by atoms with E-state index < -0.39 is 0 Å². The first-order chi connectivity index (χ1) is 8.17. The number of hydrogen-bond donors (Lipinski definition) is 1. The Labute approximate surface area is 117 Å². The molecule has 1 rings (SSSR count). The van der Waals surface area contributed by atoms with Crippen LogP contribution in [-0.2, 0) is 11.3 Å². The zero-order valence-electron chi connectivity index (χ0n) is 9.68. The maximum absolute atomic E-state index is 6.08. The molecule has 0 bridgehead atoms. The topological polar surface area (TPSA) is 21.3 Å². The van der Waals surface area contributed by atoms with Crippen molar-refractivity contribution in [2.75, 3.05) is 19.6 Å². The number of benzene rings is 1. The molecule has 17 heavy (non-hydrogen) atoms. The van der Waals surface area contributed by atoms with Gasteiger partial charge in [0, 0.05) is 35.6 Å². The van der Waals surface area contributed by atoms with Crippen LogP contribution in [-0.4, -0.2) is 25.6 Å². The van der Waals surface area contributed by atoms with Crippen molar-refractivity contribution >= 4 is 34.8 Å². The fourth-order valence-electron chi connectivity index (χ4n) is 1.51. The highest BCUT2D eigenvalue weighted by atomic mass is 35.5. The van der Waals surface area contributed by atoms with Gasteiger partial charge in [-0.2, -0.15) is 0 Å². The molecule has 0 radical (unpaired) electrons. The summed E-state index contributed by atoms with van der Waals surface area (Å²) >= 11 is 17.7. The number of hydrogen-bond acceptors (Lipinski definition) is 2. The number of alkyl halides is 1. The Morgan fingerprint density at radius 2 is 2.12 bits per heavy atom. The molecule has 2 nitrogen and oxygen atoms in total. The largest absolute Gasteiger partial charge is 0.383 e. The van der Waals surface area contributed by atoms with Crippen LogP contribution in [0, 0.1) is 0 Å². The van der Waals surface area contributed by atoms with Crippen molar-refractivity contribution in [1.29, 1.82) is 0 Å². The molecule has 1 atom stereocenters. The van der Waals surface area contributed by atoms with E-state index in [1.165, 1.54) is 0 Å². The van der Waals surface area contributed by atoms with E-state index in [-0.39, 0.29) is 6.04 Å². The molecule has 1 unspecified atom stereocenters. The molecule has 0 fully saturated rings. The summed E-state index contributed by atoms with van der Waals surface area (Å²) in [5, 5.41) is 4.75. The summed E-state index contributed by atoms with van der Waals surface area (Å²) < 4.78 is 5.12. The number of halogens is 3. The fraction of sp³-hybridized carbons (Fsp3) is 0.500. The van der Waals surface area contributed by atoms with Crippen LogP contribution >= 0.6 is 34.8 Å². The average Bonchev–Trinajstić information content (AvgIpc) is 2.30. The minimum absolute atomic E-state index is 0.229. The van der Waals surface area contributed by atoms with Crippen molar-refractivity contribution < 1.29 is 4.74 Å². The average molecular weight is 297 g/mol. The number of ether oxygens (including phenoxy) is 1. The maximum atomic E-state index is 6.08. The molecule has 0 heterocycles. The summed E-state index contributed by atoms with van der Waals surface area (Å²) in [4.78, 5) is 0. The minimum Gasteiger partial charge on any atom is -0.383 e. The fourth-order valence-corrected chi connectivity index (χ4v) is 2.15. The number of methoxy groups -OCH3 is 1. The summed E-state index contributed by atoms with van der Waals surface area (Å²) in [6.07, 6.45) is 0.855. The van der Waals surface area contributed by atoms with Gasteiger partial charge in [0.25, 0.3) is 0 Å². The first kappa shape index (κ1) is 15.1. The van der Waals surface area contributed by atoms with Crippen LogP contribution in [0.1, 0.15) is 12.0 Å². The van der Waals surface area contributed by atoms with Gasteiger partial charge in [-0.15, -0.1) is 11.6 Å². The maximum Gasteiger partial charge on any atom is 0.0616 e. The summed E-state index contributed by atoms with van der Waals surface area (Å²) in [5.41, 5.74) is 0.981. The van der Waals surface area contributed by atoms with E-state index in [1.54, 1.807) is 19.2 Å². The van der Waals surface area contributed by atoms with E-state index in [0.29, 0.717) is 29.1 Å². The van der Waals surface area contributed by atoms with Gasteiger partial charge in [-0.1, -0.05) is 23.2 Å². The van der Waals surface area contributed by atoms with E-state index in [9.17, 15) is 0 Å². The Morgan fingerprint density at radius 3 is 2.76 bits per heavy atom. The second-order valence-electron chi connectivity index (χ2n) is 3.75. The van der Waals surface area contributed by atoms with Crippen LogP contribution in [0.15, 0.2) is 18.2 Å². The second-order valence-corrected chi connectivity index (χ2v) is 4.97. The third-order valence-electron chi connectivity index (χ3n) is 2.41. The Hall–Kier alpha value is 0.01000. The molecular formula is C12H16Cl3NO. The highest BCUT2D eigenvalue weighted by Crippen LogP contribution is 2.20. The van der Waals surface area contributed by atoms with Crippen molar-refractivity contribution in [3.05, 3.63) is 33.8 Å². The molecule has 1 aromatic rings. The van der Waals surface area contributed by atoms with E-state index >= 15 is 0 Å². The first-order valence-corrected chi connectivity index (χ1v) is 6.68. The van der Waals surface area contributed by atoms with Crippen molar-refractivity contribution in [1.82, 2.24) is 5.32 Å². The molecule has 1 aromatic carbocycles. The van der Waals surface area contributed by atoms with Gasteiger partial charge in [0.2, 0.25) is 0 Å². The van der Waals surface area contributed by atoms with Crippen LogP contribution in [0.3, 0.4) is 0 Å². The van der Waals surface area contributed by atoms with Crippen molar-refractivity contribution in [3.63, 3.8) is 0 Å². The lowest BCUT2D eigenvalue weighted by atomic mass is 10.2. The number of nitrogens with one attached hydrogen (secondary N) is 1. The van der Waals surface area contributed by atoms with Crippen LogP contribution in [0.4, 0.5) is 0 Å². The van der Waals surface area contributed by atoms with Gasteiger partial charge < -0.3 is 10.1 Å². The molecule has 0 aliphatic heterocycles. The summed E-state index contributed by atoms with van der Waals surface area (Å²) in [6, 6.07) is 5.67. The first-order valence-electron chi connectivity index (χ1n) is 5.39. The summed E-state index contributed by atoms with van der Waals surface area (Å²) in [6.45, 7) is 1.29. The SMILES string of the molecule is COCC(CCCl)NCc1cc(Cl)ccc1Cl. The molecule has 96 valence electrons. The Bertz CT molecular complexity index is 341. The molecule has 0 saturated heterocycles. The Balaban J connectivity index is 2.55. The second kappa shape index (κ2) is 8.17. The lowest BCUT2D eigenvalue weighted by Gasteiger charge is -2.17. The quantitative estimate of drug-likeness (QED) is 0.774. The lowest BCUT2D eigenvalue weighted by molar-refractivity contribution is 0.164. The third-order valence-corrected chi connectivity index (χ3v) is 3.24. The molecule has 5 heteroatoms. The minimum atomic E-state index is 0.229. The molecule has 0 aromatic heterocycles. The standard InChI is InChI=1S/C12H16Cl3NO/c1-17-8-11(4-5-13)16-7-9-6-10(14)2-3-12(9)15/h2-3,6,11,16H,4-5,7-8H2,1H3. The van der Waals surface area contributed by atoms with E-state index in [0.717, 1.165) is 12.0 Å². The van der Waals surface area contributed by atoms with Crippen LogP contribution < -0.4 is 5.32 Å². The smallest absolute Gasteiger partial charge is 0.0616 e. The summed E-state index contributed by atoms with van der Waals surface area (Å²) in [5.74, 6) is 0.601. The number of rotatable bonds is 7. The predicted molar refractivity (Wildman–Crippen MR) is 74.3 cm³/mol. The Morgan fingerprint density at radius 1 is 1.35 bits per heavy atom. The van der Waals surface area contributed by atoms with Crippen molar-refractivity contribution in [2.45, 2.75) is 19.0 Å². The van der Waals surface area contributed by atoms with E-state index in [4.69, 9.17) is 39.5 Å². The van der Waals surface area contributed by atoms with Crippen LogP contribution in [0.25, 0.3) is 0 Å². The molecule has 0 aliphatic rings. The zero-order valence-corrected chi connectivity index (χ0v) is 11.9. The van der Waals surface area contributed by atoms with Gasteiger partial charge in [-0.25, -0.2) is 0 Å². The monoisotopic (exact) mass is 295 g/mol. The normalized spacial score (nSPS) is 12.7. The van der Waals surface area contributed by atoms with Gasteiger partial charge in [0.1, 0.15) is 0 Å². The zero-order chi connectivity index (χ0) is 12.7. The molecule has 1 N–H and O–H groups in total. The molecule has 0 spiro atoms. The molecule has 0 amide bonds. The van der Waals surface area contributed by atoms with Gasteiger partial charge in [0.05, 0.1) is 6.61 Å². The van der Waals surface area contributed by atoms with Crippen molar-refractivity contribution in [2.24, 2.45) is 0 Å². The molecule has 0 aliphatic carbocycles. The molecule has 0 saturated carbocycles. The van der Waals surface area contributed by atoms with Gasteiger partial charge in [-0.3, -0.25) is 0 Å². The van der Waals surface area contributed by atoms with E-state index in [2.05, 4.69) is 5.32 Å². The van der Waals surface area contributed by atoms with Gasteiger partial charge in [-0.05, 0) is 30.2 Å². The predicted octanol–water partition coefficient (Wildman–Crippen LogP) is 3.73. The lowest BCUT2D eigenvalue weighted by Crippen LogP contribution is -2.33. The molecular weight excluding hydrogens is 280 g/mol. The van der Waals surface area contributed by atoms with Gasteiger partial charge >= 0.3 is 0 Å².